The van der Waals surface area contributed by atoms with Crippen molar-refractivity contribution in [3.05, 3.63) is 33.9 Å². The van der Waals surface area contributed by atoms with Crippen molar-refractivity contribution in [2.45, 2.75) is 0 Å². The van der Waals surface area contributed by atoms with E-state index in [1.807, 2.05) is 19.0 Å². The molecular formula is C12H17N3O4. The average Bonchev–Trinajstić information content (AvgIpc) is 2.34. The average molecular weight is 267 g/mol. The monoisotopic (exact) mass is 267 g/mol. The van der Waals surface area contributed by atoms with Crippen molar-refractivity contribution in [3.63, 3.8) is 0 Å². The number of hydrogen-bond donors (Lipinski definition) is 1. The highest BCUT2D eigenvalue weighted by Crippen LogP contribution is 2.28. The highest BCUT2D eigenvalue weighted by Gasteiger charge is 2.19. The van der Waals surface area contributed by atoms with Crippen molar-refractivity contribution < 1.29 is 14.8 Å². The molecule has 0 aliphatic carbocycles. The van der Waals surface area contributed by atoms with Crippen molar-refractivity contribution in [1.82, 2.24) is 4.90 Å². The molecule has 0 amide bonds. The maximum Gasteiger partial charge on any atom is 0.335 e. The van der Waals surface area contributed by atoms with Crippen LogP contribution in [0.3, 0.4) is 0 Å². The standard InChI is InChI=1S/C12H17N3O4/c1-13(2)6-7-14(3)10-5-4-9(12(16)17)8-11(10)15(18)19/h4-5,8H,6-7H2,1-3H3,(H,16,17). The van der Waals surface area contributed by atoms with E-state index < -0.39 is 10.9 Å². The number of nitro benzene ring substituents is 1. The molecule has 0 heterocycles. The van der Waals surface area contributed by atoms with Gasteiger partial charge in [0.05, 0.1) is 10.5 Å². The van der Waals surface area contributed by atoms with Crippen LogP contribution in [-0.4, -0.2) is 55.1 Å². The molecule has 0 bridgehead atoms. The molecule has 0 radical (unpaired) electrons. The van der Waals surface area contributed by atoms with E-state index in [-0.39, 0.29) is 11.3 Å². The van der Waals surface area contributed by atoms with E-state index >= 15 is 0 Å². The molecule has 7 nitrogen and oxygen atoms in total. The van der Waals surface area contributed by atoms with Gasteiger partial charge in [0.25, 0.3) is 5.69 Å². The lowest BCUT2D eigenvalue weighted by Crippen LogP contribution is -2.28. The topological polar surface area (TPSA) is 86.9 Å². The number of benzene rings is 1. The number of carbonyl (C=O) groups is 1. The first-order valence-corrected chi connectivity index (χ1v) is 5.70. The first-order valence-electron chi connectivity index (χ1n) is 5.70. The number of carboxylic acid groups (broad SMARTS) is 1. The lowest BCUT2D eigenvalue weighted by molar-refractivity contribution is -0.384. The summed E-state index contributed by atoms with van der Waals surface area (Å²) in [6.45, 7) is 1.36. The molecule has 104 valence electrons. The number of nitro groups is 1. The molecule has 0 aliphatic rings. The van der Waals surface area contributed by atoms with Gasteiger partial charge in [-0.3, -0.25) is 10.1 Å². The molecule has 0 spiro atoms. The quantitative estimate of drug-likeness (QED) is 0.617. The molecule has 19 heavy (non-hydrogen) atoms. The predicted octanol–water partition coefficient (Wildman–Crippen LogP) is 1.29. The minimum Gasteiger partial charge on any atom is -0.478 e. The molecule has 1 aromatic carbocycles. The van der Waals surface area contributed by atoms with E-state index in [9.17, 15) is 14.9 Å². The summed E-state index contributed by atoms with van der Waals surface area (Å²) in [4.78, 5) is 25.0. The van der Waals surface area contributed by atoms with Crippen LogP contribution in [0.4, 0.5) is 11.4 Å². The van der Waals surface area contributed by atoms with E-state index in [0.29, 0.717) is 12.2 Å². The van der Waals surface area contributed by atoms with Gasteiger partial charge in [-0.05, 0) is 26.2 Å². The Morgan fingerprint density at radius 1 is 1.32 bits per heavy atom. The van der Waals surface area contributed by atoms with Gasteiger partial charge in [0.1, 0.15) is 5.69 Å². The molecule has 0 saturated carbocycles. The molecule has 0 aliphatic heterocycles. The van der Waals surface area contributed by atoms with Gasteiger partial charge >= 0.3 is 5.97 Å². The van der Waals surface area contributed by atoms with Crippen LogP contribution in [-0.2, 0) is 0 Å². The second kappa shape index (κ2) is 6.14. The lowest BCUT2D eigenvalue weighted by Gasteiger charge is -2.21. The van der Waals surface area contributed by atoms with Crippen LogP contribution in [0.5, 0.6) is 0 Å². The highest BCUT2D eigenvalue weighted by atomic mass is 16.6. The summed E-state index contributed by atoms with van der Waals surface area (Å²) in [5.41, 5.74) is 0.134. The maximum atomic E-state index is 11.0. The number of aromatic carboxylic acids is 1. The van der Waals surface area contributed by atoms with Crippen LogP contribution in [0.25, 0.3) is 0 Å². The first-order chi connectivity index (χ1) is 8.82. The third-order valence-electron chi connectivity index (χ3n) is 2.71. The smallest absolute Gasteiger partial charge is 0.335 e. The molecule has 7 heteroatoms. The third kappa shape index (κ3) is 3.92. The Hall–Kier alpha value is -2.15. The van der Waals surface area contributed by atoms with Crippen molar-refractivity contribution >= 4 is 17.3 Å². The van der Waals surface area contributed by atoms with Gasteiger partial charge < -0.3 is 14.9 Å². The normalized spacial score (nSPS) is 10.5. The molecule has 0 aromatic heterocycles. The molecule has 0 unspecified atom stereocenters. The molecule has 0 fully saturated rings. The van der Waals surface area contributed by atoms with Crippen molar-refractivity contribution in [1.29, 1.82) is 0 Å². The number of anilines is 1. The predicted molar refractivity (Wildman–Crippen MR) is 71.9 cm³/mol. The van der Waals surface area contributed by atoms with E-state index in [2.05, 4.69) is 0 Å². The van der Waals surface area contributed by atoms with E-state index in [0.717, 1.165) is 12.6 Å². The summed E-state index contributed by atoms with van der Waals surface area (Å²) in [6, 6.07) is 3.93. The molecular weight excluding hydrogens is 250 g/mol. The summed E-state index contributed by atoms with van der Waals surface area (Å²) >= 11 is 0. The summed E-state index contributed by atoms with van der Waals surface area (Å²) in [7, 11) is 5.57. The Bertz CT molecular complexity index is 488. The Morgan fingerprint density at radius 3 is 2.42 bits per heavy atom. The summed E-state index contributed by atoms with van der Waals surface area (Å²) in [5.74, 6) is -1.18. The zero-order chi connectivity index (χ0) is 14.6. The van der Waals surface area contributed by atoms with Gasteiger partial charge in [-0.15, -0.1) is 0 Å². The fraction of sp³-hybridized carbons (Fsp3) is 0.417. The minimum atomic E-state index is -1.18. The van der Waals surface area contributed by atoms with Crippen molar-refractivity contribution in [2.24, 2.45) is 0 Å². The largest absolute Gasteiger partial charge is 0.478 e. The third-order valence-corrected chi connectivity index (χ3v) is 2.71. The van der Waals surface area contributed by atoms with Gasteiger partial charge in [-0.2, -0.15) is 0 Å². The van der Waals surface area contributed by atoms with Gasteiger partial charge in [0, 0.05) is 26.2 Å². The lowest BCUT2D eigenvalue weighted by atomic mass is 10.1. The molecule has 0 atom stereocenters. The number of rotatable bonds is 6. The van der Waals surface area contributed by atoms with Gasteiger partial charge in [-0.25, -0.2) is 4.79 Å². The second-order valence-corrected chi connectivity index (χ2v) is 4.49. The van der Waals surface area contributed by atoms with Crippen LogP contribution in [0.15, 0.2) is 18.2 Å². The van der Waals surface area contributed by atoms with Crippen molar-refractivity contribution in [3.8, 4) is 0 Å². The number of likely N-dealkylation sites (N-methyl/N-ethyl adjacent to an activating group) is 2. The molecule has 1 N–H and O–H groups in total. The summed E-state index contributed by atoms with van der Waals surface area (Å²) in [6.07, 6.45) is 0. The fourth-order valence-electron chi connectivity index (χ4n) is 1.60. The number of nitrogens with zero attached hydrogens (tertiary/aromatic N) is 3. The van der Waals surface area contributed by atoms with Crippen LogP contribution in [0.2, 0.25) is 0 Å². The Morgan fingerprint density at radius 2 is 1.95 bits per heavy atom. The molecule has 1 rings (SSSR count). The van der Waals surface area contributed by atoms with E-state index in [4.69, 9.17) is 5.11 Å². The Labute approximate surface area is 111 Å². The summed E-state index contributed by atoms with van der Waals surface area (Å²) < 4.78 is 0. The fourth-order valence-corrected chi connectivity index (χ4v) is 1.60. The molecule has 0 saturated heterocycles. The minimum absolute atomic E-state index is 0.0866. The van der Waals surface area contributed by atoms with Crippen LogP contribution < -0.4 is 4.90 Å². The number of hydrogen-bond acceptors (Lipinski definition) is 5. The Kier molecular flexibility index (Phi) is 4.82. The number of carboxylic acids is 1. The highest BCUT2D eigenvalue weighted by molar-refractivity contribution is 5.89. The zero-order valence-corrected chi connectivity index (χ0v) is 11.2. The second-order valence-electron chi connectivity index (χ2n) is 4.49. The summed E-state index contributed by atoms with van der Waals surface area (Å²) in [5, 5.41) is 19.9. The van der Waals surface area contributed by atoms with E-state index in [1.54, 1.807) is 11.9 Å². The Balaban J connectivity index is 3.06. The SMILES string of the molecule is CN(C)CCN(C)c1ccc(C(=O)O)cc1[N+](=O)[O-]. The van der Waals surface area contributed by atoms with Gasteiger partial charge in [0.2, 0.25) is 0 Å². The van der Waals surface area contributed by atoms with Crippen LogP contribution in [0, 0.1) is 10.1 Å². The van der Waals surface area contributed by atoms with Crippen LogP contribution >= 0.6 is 0 Å². The zero-order valence-electron chi connectivity index (χ0n) is 11.2. The van der Waals surface area contributed by atoms with Gasteiger partial charge in [-0.1, -0.05) is 0 Å². The van der Waals surface area contributed by atoms with Crippen LogP contribution in [0.1, 0.15) is 10.4 Å². The first kappa shape index (κ1) is 14.9. The van der Waals surface area contributed by atoms with Gasteiger partial charge in [0.15, 0.2) is 0 Å². The maximum absolute atomic E-state index is 11.0. The van der Waals surface area contributed by atoms with Crippen molar-refractivity contribution in [2.75, 3.05) is 39.1 Å². The molecule has 1 aromatic rings. The van der Waals surface area contributed by atoms with E-state index in [1.165, 1.54) is 12.1 Å².